The molecule has 0 fully saturated rings. The molecule has 2 heterocycles. The second-order valence-corrected chi connectivity index (χ2v) is 11.6. The number of anilines is 2. The first-order chi connectivity index (χ1) is 18.8. The molecule has 3 unspecified atom stereocenters. The van der Waals surface area contributed by atoms with Crippen LogP contribution in [0.15, 0.2) is 36.4 Å². The maximum Gasteiger partial charge on any atom is 0.150 e. The Morgan fingerprint density at radius 1 is 1.05 bits per heavy atom. The van der Waals surface area contributed by atoms with Crippen molar-refractivity contribution in [2.24, 2.45) is 5.92 Å². The molecule has 4 rings (SSSR count). The number of nitrogens with zero attached hydrogens (tertiary/aromatic N) is 4. The minimum atomic E-state index is -0.245. The third kappa shape index (κ3) is 6.33. The van der Waals surface area contributed by atoms with E-state index in [1.165, 1.54) is 48.2 Å². The molecule has 5 heteroatoms. The van der Waals surface area contributed by atoms with E-state index in [4.69, 9.17) is 0 Å². The monoisotopic (exact) mass is 530 g/mol. The first kappa shape index (κ1) is 30.7. The van der Waals surface area contributed by atoms with Crippen molar-refractivity contribution in [1.82, 2.24) is 4.90 Å². The highest BCUT2D eigenvalue weighted by Gasteiger charge is 2.53. The van der Waals surface area contributed by atoms with Gasteiger partial charge in [-0.05, 0) is 56.6 Å². The van der Waals surface area contributed by atoms with Gasteiger partial charge < -0.3 is 14.7 Å². The highest BCUT2D eigenvalue weighted by atomic mass is 16.1. The summed E-state index contributed by atoms with van der Waals surface area (Å²) in [7, 11) is 2.20. The smallest absolute Gasteiger partial charge is 0.150 e. The summed E-state index contributed by atoms with van der Waals surface area (Å²) in [5.41, 5.74) is 6.22. The fraction of sp³-hybridized carbons (Fsp3) is 0.588. The van der Waals surface area contributed by atoms with E-state index in [9.17, 15) is 10.1 Å². The van der Waals surface area contributed by atoms with Crippen LogP contribution >= 0.6 is 0 Å². The lowest BCUT2D eigenvalue weighted by atomic mass is 9.70. The summed E-state index contributed by atoms with van der Waals surface area (Å²) in [6.45, 7) is 18.4. The number of carbonyl (C=O) groups is 1. The first-order valence-electron chi connectivity index (χ1n) is 15.1. The van der Waals surface area contributed by atoms with Gasteiger partial charge >= 0.3 is 0 Å². The summed E-state index contributed by atoms with van der Waals surface area (Å²) in [4.78, 5) is 19.1. The lowest BCUT2D eigenvalue weighted by molar-refractivity contribution is 0.112. The van der Waals surface area contributed by atoms with Crippen LogP contribution in [0, 0.1) is 17.2 Å². The van der Waals surface area contributed by atoms with Crippen LogP contribution in [0.25, 0.3) is 0 Å². The van der Waals surface area contributed by atoms with Crippen LogP contribution in [0.5, 0.6) is 0 Å². The molecule has 0 aromatic heterocycles. The lowest BCUT2D eigenvalue weighted by Crippen LogP contribution is -2.45. The second kappa shape index (κ2) is 14.0. The van der Waals surface area contributed by atoms with Gasteiger partial charge in [0.25, 0.3) is 0 Å². The van der Waals surface area contributed by atoms with Crippen molar-refractivity contribution in [2.45, 2.75) is 85.1 Å². The van der Waals surface area contributed by atoms with Gasteiger partial charge in [-0.2, -0.15) is 5.26 Å². The van der Waals surface area contributed by atoms with E-state index >= 15 is 0 Å². The average molecular weight is 531 g/mol. The van der Waals surface area contributed by atoms with Gasteiger partial charge in [0.05, 0.1) is 17.2 Å². The quantitative estimate of drug-likeness (QED) is 0.296. The highest BCUT2D eigenvalue weighted by Crippen LogP contribution is 2.59. The number of fused-ring (bicyclic) bond motifs is 5. The lowest BCUT2D eigenvalue weighted by Gasteiger charge is -2.43. The maximum atomic E-state index is 11.7. The maximum absolute atomic E-state index is 11.7. The number of aldehydes is 1. The van der Waals surface area contributed by atoms with Crippen molar-refractivity contribution in [3.63, 3.8) is 0 Å². The average Bonchev–Trinajstić information content (AvgIpc) is 3.15. The van der Waals surface area contributed by atoms with E-state index in [-0.39, 0.29) is 5.54 Å². The Morgan fingerprint density at radius 3 is 2.41 bits per heavy atom. The van der Waals surface area contributed by atoms with Crippen molar-refractivity contribution in [1.29, 1.82) is 5.26 Å². The summed E-state index contributed by atoms with van der Waals surface area (Å²) < 4.78 is 0. The molecule has 2 aliphatic heterocycles. The minimum absolute atomic E-state index is 0.245. The molecule has 2 aromatic carbocycles. The molecule has 212 valence electrons. The molecule has 0 saturated heterocycles. The van der Waals surface area contributed by atoms with Crippen LogP contribution in [0.4, 0.5) is 11.4 Å². The van der Waals surface area contributed by atoms with Gasteiger partial charge in [0.1, 0.15) is 6.29 Å². The molecule has 0 radical (unpaired) electrons. The number of hydrogen-bond acceptors (Lipinski definition) is 5. The van der Waals surface area contributed by atoms with Crippen LogP contribution in [0.2, 0.25) is 0 Å². The predicted molar refractivity (Wildman–Crippen MR) is 165 cm³/mol. The van der Waals surface area contributed by atoms with Crippen molar-refractivity contribution >= 4 is 17.7 Å². The Kier molecular flexibility index (Phi) is 11.0. The van der Waals surface area contributed by atoms with Gasteiger partial charge in [-0.3, -0.25) is 4.79 Å². The van der Waals surface area contributed by atoms with E-state index in [0.29, 0.717) is 17.4 Å². The fourth-order valence-corrected chi connectivity index (χ4v) is 6.31. The number of carbonyl (C=O) groups excluding carboxylic acids is 1. The van der Waals surface area contributed by atoms with Crippen LogP contribution in [-0.2, 0) is 5.54 Å². The number of unbranched alkanes of at least 4 members (excludes halogenated alkanes) is 2. The highest BCUT2D eigenvalue weighted by molar-refractivity contribution is 5.81. The predicted octanol–water partition coefficient (Wildman–Crippen LogP) is 7.59. The molecular weight excluding hydrogens is 480 g/mol. The molecule has 0 saturated carbocycles. The zero-order valence-corrected chi connectivity index (χ0v) is 25.5. The number of likely N-dealkylation sites (N-methyl/N-ethyl adjacent to an activating group) is 1. The van der Waals surface area contributed by atoms with E-state index in [1.807, 2.05) is 12.1 Å². The van der Waals surface area contributed by atoms with Crippen molar-refractivity contribution in [3.8, 4) is 6.07 Å². The third-order valence-corrected chi connectivity index (χ3v) is 8.95. The molecule has 0 aliphatic carbocycles. The van der Waals surface area contributed by atoms with Gasteiger partial charge in [-0.1, -0.05) is 78.5 Å². The Morgan fingerprint density at radius 2 is 1.79 bits per heavy atom. The van der Waals surface area contributed by atoms with Crippen molar-refractivity contribution < 1.29 is 4.79 Å². The van der Waals surface area contributed by atoms with Gasteiger partial charge in [-0.25, -0.2) is 0 Å². The molecule has 0 amide bonds. The molecule has 0 bridgehead atoms. The zero-order valence-electron chi connectivity index (χ0n) is 25.5. The Hall–Kier alpha value is -2.84. The largest absolute Gasteiger partial charge is 0.368 e. The normalized spacial score (nSPS) is 20.2. The van der Waals surface area contributed by atoms with Crippen molar-refractivity contribution in [2.75, 3.05) is 49.6 Å². The topological polar surface area (TPSA) is 50.6 Å². The summed E-state index contributed by atoms with van der Waals surface area (Å²) in [5.74, 6) is 0.781. The van der Waals surface area contributed by atoms with Gasteiger partial charge in [-0.15, -0.1) is 0 Å². The molecule has 0 N–H and O–H groups in total. The number of hydrogen-bond donors (Lipinski definition) is 0. The SMILES string of the molecule is CCCC.CCCCN(C)CCN1CCN2c3cc(C=O)ccc3C(C(C)CC)C2(C)c2ccc(C#N)cc21. The Labute approximate surface area is 237 Å². The first-order valence-corrected chi connectivity index (χ1v) is 15.1. The summed E-state index contributed by atoms with van der Waals surface area (Å²) in [6.07, 6.45) is 7.09. The van der Waals surface area contributed by atoms with Crippen LogP contribution in [0.1, 0.15) is 107 Å². The summed E-state index contributed by atoms with van der Waals surface area (Å²) >= 11 is 0. The fourth-order valence-electron chi connectivity index (χ4n) is 6.31. The van der Waals surface area contributed by atoms with Gasteiger partial charge in [0.15, 0.2) is 0 Å². The van der Waals surface area contributed by atoms with Gasteiger partial charge in [0, 0.05) is 54.6 Å². The van der Waals surface area contributed by atoms with E-state index < -0.39 is 0 Å². The van der Waals surface area contributed by atoms with Gasteiger partial charge in [0.2, 0.25) is 0 Å². The van der Waals surface area contributed by atoms with Crippen LogP contribution in [-0.4, -0.2) is 51.0 Å². The summed E-state index contributed by atoms with van der Waals surface area (Å²) in [6, 6.07) is 14.9. The Bertz CT molecular complexity index is 1140. The Balaban J connectivity index is 0.000000983. The van der Waals surface area contributed by atoms with Crippen LogP contribution < -0.4 is 9.80 Å². The third-order valence-electron chi connectivity index (χ3n) is 8.95. The number of rotatable bonds is 10. The molecular formula is C34H50N4O. The number of benzene rings is 2. The van der Waals surface area contributed by atoms with Crippen LogP contribution in [0.3, 0.4) is 0 Å². The van der Waals surface area contributed by atoms with Crippen molar-refractivity contribution in [3.05, 3.63) is 58.7 Å². The molecule has 2 aliphatic rings. The zero-order chi connectivity index (χ0) is 28.6. The minimum Gasteiger partial charge on any atom is -0.368 e. The molecule has 3 atom stereocenters. The molecule has 5 nitrogen and oxygen atoms in total. The summed E-state index contributed by atoms with van der Waals surface area (Å²) in [5, 5.41) is 9.72. The van der Waals surface area contributed by atoms with E-state index in [2.05, 4.69) is 93.6 Å². The standard InChI is InChI=1S/C30H40N4O.C4H10/c1-6-8-13-32(5)14-15-33-16-17-34-27-19-24(21-35)9-11-25(27)29(22(3)7-2)30(34,4)26-12-10-23(20-31)18-28(26)33;1-3-4-2/h9-12,18-19,21-22,29H,6-8,13-17H2,1-5H3;3-4H2,1-2H3. The second-order valence-electron chi connectivity index (χ2n) is 11.6. The molecule has 39 heavy (non-hydrogen) atoms. The van der Waals surface area contributed by atoms with E-state index in [0.717, 1.165) is 51.0 Å². The molecule has 0 spiro atoms. The number of nitriles is 1. The molecule has 2 aromatic rings. The van der Waals surface area contributed by atoms with E-state index in [1.54, 1.807) is 0 Å².